The van der Waals surface area contributed by atoms with E-state index in [1.807, 2.05) is 6.20 Å². The predicted octanol–water partition coefficient (Wildman–Crippen LogP) is 2.67. The molecule has 2 aliphatic rings. The molecule has 6 rings (SSSR count). The average molecular weight is 414 g/mol. The first-order valence-electron chi connectivity index (χ1n) is 8.99. The van der Waals surface area contributed by atoms with Crippen LogP contribution in [-0.4, -0.2) is 28.0 Å². The van der Waals surface area contributed by atoms with Crippen LogP contribution in [0.1, 0.15) is 0 Å². The number of pyridine rings is 1. The molecule has 0 bridgehead atoms. The van der Waals surface area contributed by atoms with E-state index in [-0.39, 0.29) is 0 Å². The van der Waals surface area contributed by atoms with Crippen LogP contribution in [0.15, 0.2) is 66.9 Å². The first kappa shape index (κ1) is 14.9. The Labute approximate surface area is 160 Å². The molecule has 0 amide bonds. The van der Waals surface area contributed by atoms with E-state index in [9.17, 15) is 0 Å². The molecule has 0 radical (unpaired) electrons. The van der Waals surface area contributed by atoms with Crippen molar-refractivity contribution in [3.63, 3.8) is 0 Å². The Morgan fingerprint density at radius 1 is 0.769 bits per heavy atom. The minimum absolute atomic E-state index is 0.303. The first-order valence-corrected chi connectivity index (χ1v) is 13.7. The van der Waals surface area contributed by atoms with E-state index >= 15 is 0 Å². The van der Waals surface area contributed by atoms with E-state index in [2.05, 4.69) is 73.8 Å². The number of rotatable bonds is 0. The summed E-state index contributed by atoms with van der Waals surface area (Å²) in [7, 11) is -1.63. The van der Waals surface area contributed by atoms with Crippen LogP contribution in [0.25, 0.3) is 33.2 Å². The molecule has 4 aromatic rings. The van der Waals surface area contributed by atoms with Gasteiger partial charge >= 0.3 is 160 Å². The number of benzene rings is 3. The third kappa shape index (κ3) is 1.78. The summed E-state index contributed by atoms with van der Waals surface area (Å²) in [5, 5.41) is 5.79. The second-order valence-corrected chi connectivity index (χ2v) is 14.3. The van der Waals surface area contributed by atoms with Crippen molar-refractivity contribution >= 4 is 53.1 Å². The second kappa shape index (κ2) is 4.95. The summed E-state index contributed by atoms with van der Waals surface area (Å²) in [5.41, 5.74) is 5.50. The van der Waals surface area contributed by atoms with Gasteiger partial charge in [0.25, 0.3) is 0 Å². The molecule has 26 heavy (non-hydrogen) atoms. The van der Waals surface area contributed by atoms with Crippen molar-refractivity contribution in [1.29, 1.82) is 0 Å². The van der Waals surface area contributed by atoms with Crippen molar-refractivity contribution in [1.82, 2.24) is 4.98 Å². The molecule has 0 N–H and O–H groups in total. The Bertz CT molecular complexity index is 1240. The van der Waals surface area contributed by atoms with Crippen molar-refractivity contribution in [3.05, 3.63) is 66.9 Å². The van der Waals surface area contributed by atoms with Crippen LogP contribution in [0, 0.1) is 0 Å². The predicted molar refractivity (Wildman–Crippen MR) is 114 cm³/mol. The summed E-state index contributed by atoms with van der Waals surface area (Å²) < 4.78 is 2.98. The zero-order chi connectivity index (χ0) is 17.5. The molecule has 2 aliphatic heterocycles. The van der Waals surface area contributed by atoms with Crippen molar-refractivity contribution in [2.24, 2.45) is 0 Å². The van der Waals surface area contributed by atoms with Crippen molar-refractivity contribution < 1.29 is 0 Å². The van der Waals surface area contributed by atoms with Gasteiger partial charge in [-0.3, -0.25) is 0 Å². The van der Waals surface area contributed by atoms with Gasteiger partial charge in [0.05, 0.1) is 0 Å². The topological polar surface area (TPSA) is 12.9 Å². The molecule has 0 spiro atoms. The third-order valence-corrected chi connectivity index (χ3v) is 11.8. The Morgan fingerprint density at radius 2 is 1.54 bits per heavy atom. The average Bonchev–Trinajstić information content (AvgIpc) is 2.81. The van der Waals surface area contributed by atoms with E-state index in [1.165, 1.54) is 42.1 Å². The first-order chi connectivity index (χ1) is 12.6. The summed E-state index contributed by atoms with van der Waals surface area (Å²) in [5.74, 6) is 0. The van der Waals surface area contributed by atoms with Gasteiger partial charge in [0.1, 0.15) is 0 Å². The fourth-order valence-electron chi connectivity index (χ4n) is 4.59. The van der Waals surface area contributed by atoms with E-state index in [0.29, 0.717) is 15.0 Å². The van der Waals surface area contributed by atoms with Crippen molar-refractivity contribution in [2.45, 2.75) is 13.1 Å². The molecular formula is C23H17NSeSi. The summed E-state index contributed by atoms with van der Waals surface area (Å²) in [6.07, 6.45) is 2.03. The molecule has 1 aromatic heterocycles. The quantitative estimate of drug-likeness (QED) is 0.355. The Kier molecular flexibility index (Phi) is 2.84. The van der Waals surface area contributed by atoms with Gasteiger partial charge in [-0.1, -0.05) is 0 Å². The van der Waals surface area contributed by atoms with Crippen LogP contribution >= 0.6 is 0 Å². The number of hydrogen-bond donors (Lipinski definition) is 0. The Balaban J connectivity index is 1.81. The summed E-state index contributed by atoms with van der Waals surface area (Å²) in [6.45, 7) is 4.97. The monoisotopic (exact) mass is 415 g/mol. The van der Waals surface area contributed by atoms with Gasteiger partial charge in [-0.2, -0.15) is 0 Å². The molecule has 0 unspecified atom stereocenters. The molecule has 0 atom stereocenters. The van der Waals surface area contributed by atoms with Gasteiger partial charge in [-0.05, 0) is 0 Å². The minimum atomic E-state index is -1.63. The van der Waals surface area contributed by atoms with Crippen LogP contribution in [0.5, 0.6) is 0 Å². The summed E-state index contributed by atoms with van der Waals surface area (Å²) >= 11 is 0.303. The Morgan fingerprint density at radius 3 is 2.38 bits per heavy atom. The molecule has 0 fully saturated rings. The fourth-order valence-corrected chi connectivity index (χ4v) is 10.2. The number of hydrogen-bond acceptors (Lipinski definition) is 1. The van der Waals surface area contributed by atoms with Gasteiger partial charge in [-0.25, -0.2) is 0 Å². The van der Waals surface area contributed by atoms with Gasteiger partial charge < -0.3 is 0 Å². The summed E-state index contributed by atoms with van der Waals surface area (Å²) in [4.78, 5) is 4.92. The molecular weight excluding hydrogens is 397 g/mol. The Hall–Kier alpha value is -2.19. The SMILES string of the molecule is C[Si]1(C)c2cccc3c2-c2c1ccnc2-c1cc2ccccc2cc1[Se]3. The number of fused-ring (bicyclic) bond motifs is 3. The molecule has 3 aromatic carbocycles. The van der Waals surface area contributed by atoms with Gasteiger partial charge in [-0.15, -0.1) is 0 Å². The fraction of sp³-hybridized carbons (Fsp3) is 0.0870. The number of nitrogens with zero attached hydrogens (tertiary/aromatic N) is 1. The molecule has 1 nitrogen and oxygen atoms in total. The molecule has 0 saturated heterocycles. The van der Waals surface area contributed by atoms with Crippen molar-refractivity contribution in [2.75, 3.05) is 0 Å². The molecule has 0 aliphatic carbocycles. The third-order valence-electron chi connectivity index (χ3n) is 5.90. The summed E-state index contributed by atoms with van der Waals surface area (Å²) in [6, 6.07) is 22.7. The van der Waals surface area contributed by atoms with Crippen LogP contribution in [-0.2, 0) is 0 Å². The second-order valence-electron chi connectivity index (χ2n) is 7.68. The number of aromatic nitrogens is 1. The van der Waals surface area contributed by atoms with Gasteiger partial charge in [0.15, 0.2) is 0 Å². The molecule has 3 heteroatoms. The molecule has 124 valence electrons. The maximum atomic E-state index is 4.92. The van der Waals surface area contributed by atoms with E-state index < -0.39 is 8.07 Å². The van der Waals surface area contributed by atoms with E-state index in [0.717, 1.165) is 0 Å². The zero-order valence-corrected chi connectivity index (χ0v) is 17.4. The van der Waals surface area contributed by atoms with Gasteiger partial charge in [0.2, 0.25) is 0 Å². The van der Waals surface area contributed by atoms with Crippen LogP contribution in [0.3, 0.4) is 0 Å². The van der Waals surface area contributed by atoms with E-state index in [1.54, 1.807) is 10.4 Å². The van der Waals surface area contributed by atoms with Gasteiger partial charge in [0, 0.05) is 0 Å². The van der Waals surface area contributed by atoms with E-state index in [4.69, 9.17) is 4.98 Å². The van der Waals surface area contributed by atoms with Crippen LogP contribution in [0.4, 0.5) is 0 Å². The molecule has 3 heterocycles. The standard InChI is InChI=1S/C23H17NSeSi/c1-26(2)19-9-5-8-17-21(19)22-20(26)10-11-24-23(22)16-12-14-6-3-4-7-15(14)13-18(16)25-17/h3-13H,1-2H3. The van der Waals surface area contributed by atoms with Crippen LogP contribution in [0.2, 0.25) is 13.1 Å². The zero-order valence-electron chi connectivity index (χ0n) is 14.7. The normalized spacial score (nSPS) is 15.5. The van der Waals surface area contributed by atoms with Crippen LogP contribution < -0.4 is 19.3 Å². The molecule has 0 saturated carbocycles. The van der Waals surface area contributed by atoms with Crippen molar-refractivity contribution in [3.8, 4) is 22.4 Å². The maximum absolute atomic E-state index is 4.92.